The summed E-state index contributed by atoms with van der Waals surface area (Å²) in [5.41, 5.74) is 0.417. The zero-order valence-corrected chi connectivity index (χ0v) is 16.3. The molecule has 0 unspecified atom stereocenters. The van der Waals surface area contributed by atoms with Crippen molar-refractivity contribution in [3.63, 3.8) is 0 Å². The monoisotopic (exact) mass is 382 g/mol. The molecule has 0 bridgehead atoms. The number of carbonyl (C=O) groups is 2. The van der Waals surface area contributed by atoms with Crippen LogP contribution in [-0.4, -0.2) is 50.2 Å². The third-order valence-corrected chi connectivity index (χ3v) is 5.51. The van der Waals surface area contributed by atoms with Gasteiger partial charge in [-0.05, 0) is 25.0 Å². The first-order valence-corrected chi connectivity index (χ1v) is 9.80. The average Bonchev–Trinajstić information content (AvgIpc) is 2.99. The fourth-order valence-corrected chi connectivity index (χ4v) is 3.88. The predicted molar refractivity (Wildman–Crippen MR) is 105 cm³/mol. The van der Waals surface area contributed by atoms with Gasteiger partial charge < -0.3 is 15.5 Å². The van der Waals surface area contributed by atoms with Gasteiger partial charge in [0.25, 0.3) is 0 Å². The number of piperidine rings is 1. The van der Waals surface area contributed by atoms with E-state index >= 15 is 0 Å². The summed E-state index contributed by atoms with van der Waals surface area (Å²) in [6.07, 6.45) is 2.04. The summed E-state index contributed by atoms with van der Waals surface area (Å²) in [7, 11) is 0. The largest absolute Gasteiger partial charge is 0.348 e. The van der Waals surface area contributed by atoms with Crippen LogP contribution in [0.25, 0.3) is 0 Å². The summed E-state index contributed by atoms with van der Waals surface area (Å²) >= 11 is 0. The Hall–Kier alpha value is -2.90. The minimum atomic E-state index is -0.365. The molecule has 2 aliphatic rings. The van der Waals surface area contributed by atoms with Gasteiger partial charge in [-0.15, -0.1) is 0 Å². The van der Waals surface area contributed by atoms with Gasteiger partial charge in [0.2, 0.25) is 5.91 Å². The number of aromatic nitrogens is 3. The van der Waals surface area contributed by atoms with Crippen LogP contribution in [0.5, 0.6) is 0 Å². The number of amides is 3. The van der Waals surface area contributed by atoms with Gasteiger partial charge in [-0.2, -0.15) is 5.10 Å². The Bertz CT molecular complexity index is 868. The Morgan fingerprint density at radius 1 is 1.21 bits per heavy atom. The van der Waals surface area contributed by atoms with E-state index in [1.807, 2.05) is 30.3 Å². The van der Waals surface area contributed by atoms with E-state index in [-0.39, 0.29) is 29.9 Å². The summed E-state index contributed by atoms with van der Waals surface area (Å²) in [6.45, 7) is 5.48. The van der Waals surface area contributed by atoms with Gasteiger partial charge >= 0.3 is 6.03 Å². The molecule has 2 aliphatic heterocycles. The van der Waals surface area contributed by atoms with Gasteiger partial charge in [-0.3, -0.25) is 4.79 Å². The van der Waals surface area contributed by atoms with Gasteiger partial charge in [0.15, 0.2) is 5.82 Å². The van der Waals surface area contributed by atoms with Crippen molar-refractivity contribution in [3.05, 3.63) is 42.0 Å². The molecule has 4 rings (SSSR count). The highest BCUT2D eigenvalue weighted by Crippen LogP contribution is 2.29. The lowest BCUT2D eigenvalue weighted by atomic mass is 9.84. The van der Waals surface area contributed by atoms with Crippen LogP contribution in [0.15, 0.2) is 30.3 Å². The number of anilines is 1. The third kappa shape index (κ3) is 3.72. The van der Waals surface area contributed by atoms with Crippen LogP contribution in [0.1, 0.15) is 44.3 Å². The maximum atomic E-state index is 12.5. The van der Waals surface area contributed by atoms with E-state index in [1.165, 1.54) is 0 Å². The second-order valence-corrected chi connectivity index (χ2v) is 7.99. The lowest BCUT2D eigenvalue weighted by Crippen LogP contribution is -2.57. The molecule has 2 aromatic rings. The fourth-order valence-electron chi connectivity index (χ4n) is 3.88. The predicted octanol–water partition coefficient (Wildman–Crippen LogP) is 2.14. The molecule has 8 heteroatoms. The number of para-hydroxylation sites is 1. The summed E-state index contributed by atoms with van der Waals surface area (Å²) in [4.78, 5) is 31.5. The molecule has 1 saturated heterocycles. The Morgan fingerprint density at radius 2 is 1.93 bits per heavy atom. The molecule has 28 heavy (non-hydrogen) atoms. The summed E-state index contributed by atoms with van der Waals surface area (Å²) < 4.78 is 1.73. The SMILES string of the molecule is CC(C)c1nc2n(n1)CC(=O)NC1(CCN(C(=O)Nc3ccccc3)CC1)C2. The maximum absolute atomic E-state index is 12.5. The molecule has 2 N–H and O–H groups in total. The van der Waals surface area contributed by atoms with Crippen LogP contribution >= 0.6 is 0 Å². The number of benzene rings is 1. The second-order valence-electron chi connectivity index (χ2n) is 7.99. The zero-order valence-electron chi connectivity index (χ0n) is 16.3. The molecule has 0 radical (unpaired) electrons. The van der Waals surface area contributed by atoms with E-state index in [0.29, 0.717) is 32.4 Å². The van der Waals surface area contributed by atoms with E-state index in [0.717, 1.165) is 17.3 Å². The van der Waals surface area contributed by atoms with Gasteiger partial charge in [0.05, 0.1) is 5.54 Å². The molecule has 1 aromatic heterocycles. The summed E-state index contributed by atoms with van der Waals surface area (Å²) in [5, 5.41) is 10.6. The first-order valence-electron chi connectivity index (χ1n) is 9.80. The van der Waals surface area contributed by atoms with Gasteiger partial charge in [0, 0.05) is 31.1 Å². The number of likely N-dealkylation sites (tertiary alicyclic amines) is 1. The number of fused-ring (bicyclic) bond motifs is 1. The quantitative estimate of drug-likeness (QED) is 0.832. The normalized spacial score (nSPS) is 18.5. The molecule has 0 aliphatic carbocycles. The molecule has 3 heterocycles. The highest BCUT2D eigenvalue weighted by atomic mass is 16.2. The van der Waals surface area contributed by atoms with E-state index in [2.05, 4.69) is 34.6 Å². The minimum absolute atomic E-state index is 0.0406. The first kappa shape index (κ1) is 18.5. The summed E-state index contributed by atoms with van der Waals surface area (Å²) in [5.74, 6) is 1.81. The van der Waals surface area contributed by atoms with Crippen LogP contribution < -0.4 is 10.6 Å². The lowest BCUT2D eigenvalue weighted by Gasteiger charge is -2.41. The van der Waals surface area contributed by atoms with Gasteiger partial charge in [-0.25, -0.2) is 14.5 Å². The number of nitrogens with one attached hydrogen (secondary N) is 2. The van der Waals surface area contributed by atoms with Crippen molar-refractivity contribution in [2.45, 2.75) is 51.1 Å². The van der Waals surface area contributed by atoms with Crippen LogP contribution in [0.3, 0.4) is 0 Å². The van der Waals surface area contributed by atoms with Crippen molar-refractivity contribution in [1.82, 2.24) is 25.0 Å². The van der Waals surface area contributed by atoms with Crippen LogP contribution in [0.4, 0.5) is 10.5 Å². The number of hydrogen-bond acceptors (Lipinski definition) is 4. The summed E-state index contributed by atoms with van der Waals surface area (Å²) in [6, 6.07) is 9.33. The van der Waals surface area contributed by atoms with Crippen LogP contribution in [0.2, 0.25) is 0 Å². The highest BCUT2D eigenvalue weighted by Gasteiger charge is 2.40. The Morgan fingerprint density at radius 3 is 2.61 bits per heavy atom. The van der Waals surface area contributed by atoms with Crippen LogP contribution in [0, 0.1) is 0 Å². The van der Waals surface area contributed by atoms with Crippen LogP contribution in [-0.2, 0) is 17.8 Å². The Balaban J connectivity index is 1.45. The highest BCUT2D eigenvalue weighted by molar-refractivity contribution is 5.89. The molecule has 3 amide bonds. The van der Waals surface area contributed by atoms with Crippen molar-refractivity contribution in [3.8, 4) is 0 Å². The number of hydrogen-bond donors (Lipinski definition) is 2. The van der Waals surface area contributed by atoms with Crippen molar-refractivity contribution < 1.29 is 9.59 Å². The lowest BCUT2D eigenvalue weighted by molar-refractivity contribution is -0.123. The maximum Gasteiger partial charge on any atom is 0.321 e. The van der Waals surface area contributed by atoms with Crippen molar-refractivity contribution >= 4 is 17.6 Å². The molecule has 1 spiro atoms. The molecule has 0 saturated carbocycles. The second kappa shape index (κ2) is 7.26. The topological polar surface area (TPSA) is 92.2 Å². The number of carbonyl (C=O) groups excluding carboxylic acids is 2. The smallest absolute Gasteiger partial charge is 0.321 e. The Labute approximate surface area is 164 Å². The third-order valence-electron chi connectivity index (χ3n) is 5.51. The number of rotatable bonds is 2. The Kier molecular flexibility index (Phi) is 4.78. The standard InChI is InChI=1S/C20H26N6O2/c1-14(2)18-22-16-12-20(23-17(27)13-26(16)24-18)8-10-25(11-9-20)19(28)21-15-6-4-3-5-7-15/h3-7,14H,8-13H2,1-2H3,(H,21,28)(H,23,27). The number of nitrogens with zero attached hydrogens (tertiary/aromatic N) is 4. The molecule has 0 atom stereocenters. The molecular formula is C20H26N6O2. The number of urea groups is 1. The van der Waals surface area contributed by atoms with Gasteiger partial charge in [0.1, 0.15) is 12.4 Å². The van der Waals surface area contributed by atoms with Crippen molar-refractivity contribution in [2.75, 3.05) is 18.4 Å². The molecule has 1 fully saturated rings. The zero-order chi connectivity index (χ0) is 19.7. The van der Waals surface area contributed by atoms with E-state index in [4.69, 9.17) is 0 Å². The minimum Gasteiger partial charge on any atom is -0.348 e. The van der Waals surface area contributed by atoms with Crippen molar-refractivity contribution in [2.24, 2.45) is 0 Å². The van der Waals surface area contributed by atoms with E-state index in [9.17, 15) is 9.59 Å². The van der Waals surface area contributed by atoms with E-state index in [1.54, 1.807) is 9.58 Å². The first-order chi connectivity index (χ1) is 13.4. The van der Waals surface area contributed by atoms with Crippen molar-refractivity contribution in [1.29, 1.82) is 0 Å². The van der Waals surface area contributed by atoms with Gasteiger partial charge in [-0.1, -0.05) is 32.0 Å². The molecular weight excluding hydrogens is 356 g/mol. The molecule has 1 aromatic carbocycles. The molecule has 148 valence electrons. The fraction of sp³-hybridized carbons (Fsp3) is 0.500. The molecule has 8 nitrogen and oxygen atoms in total. The average molecular weight is 382 g/mol. The van der Waals surface area contributed by atoms with E-state index < -0.39 is 0 Å².